The normalized spacial score (nSPS) is 14.1. The number of allylic oxidation sites excluding steroid dienone is 2. The van der Waals surface area contributed by atoms with Gasteiger partial charge in [-0.15, -0.1) is 0 Å². The summed E-state index contributed by atoms with van der Waals surface area (Å²) in [6.07, 6.45) is 28.8. The lowest BCUT2D eigenvalue weighted by molar-refractivity contribution is 0.0698. The Balaban J connectivity index is 4.12. The van der Waals surface area contributed by atoms with Crippen LogP contribution in [-0.4, -0.2) is 58.7 Å². The van der Waals surface area contributed by atoms with E-state index in [2.05, 4.69) is 43.1 Å². The Hall–Kier alpha value is -0.680. The highest BCUT2D eigenvalue weighted by Gasteiger charge is 2.14. The molecule has 3 N–H and O–H groups in total. The fourth-order valence-corrected chi connectivity index (χ4v) is 4.28. The van der Waals surface area contributed by atoms with E-state index in [0.717, 1.165) is 32.2 Å². The summed E-state index contributed by atoms with van der Waals surface area (Å²) >= 11 is 0. The zero-order chi connectivity index (χ0) is 25.1. The average Bonchev–Trinajstić information content (AvgIpc) is 2.82. The summed E-state index contributed by atoms with van der Waals surface area (Å²) in [6, 6.07) is 0. The summed E-state index contributed by atoms with van der Waals surface area (Å²) in [7, 11) is 0. The zero-order valence-electron chi connectivity index (χ0n) is 22.8. The lowest BCUT2D eigenvalue weighted by Gasteiger charge is -2.26. The first-order valence-electron chi connectivity index (χ1n) is 14.6. The van der Waals surface area contributed by atoms with Gasteiger partial charge in [0.05, 0.1) is 12.2 Å². The van der Waals surface area contributed by atoms with Crippen molar-refractivity contribution in [2.45, 2.75) is 142 Å². The van der Waals surface area contributed by atoms with Gasteiger partial charge in [0.15, 0.2) is 0 Å². The van der Waals surface area contributed by atoms with E-state index in [4.69, 9.17) is 5.11 Å². The molecule has 0 heterocycles. The van der Waals surface area contributed by atoms with Crippen LogP contribution < -0.4 is 0 Å². The molecule has 202 valence electrons. The molecule has 0 aromatic rings. The molecule has 0 aliphatic carbocycles. The van der Waals surface area contributed by atoms with Gasteiger partial charge in [-0.05, 0) is 57.9 Å². The quantitative estimate of drug-likeness (QED) is 0.0904. The van der Waals surface area contributed by atoms with E-state index >= 15 is 0 Å². The molecule has 0 bridgehead atoms. The van der Waals surface area contributed by atoms with E-state index in [0.29, 0.717) is 25.9 Å². The molecule has 0 aromatic carbocycles. The summed E-state index contributed by atoms with van der Waals surface area (Å²) in [5.74, 6) is 0. The van der Waals surface area contributed by atoms with Crippen LogP contribution in [0, 0.1) is 0 Å². The largest absolute Gasteiger partial charge is 0.396 e. The van der Waals surface area contributed by atoms with Gasteiger partial charge in [-0.2, -0.15) is 0 Å². The van der Waals surface area contributed by atoms with Gasteiger partial charge in [0, 0.05) is 19.7 Å². The summed E-state index contributed by atoms with van der Waals surface area (Å²) in [5, 5.41) is 30.1. The molecule has 0 amide bonds. The maximum atomic E-state index is 10.5. The number of hydrogen-bond acceptors (Lipinski definition) is 4. The molecular weight excluding hydrogens is 422 g/mol. The molecule has 0 saturated heterocycles. The van der Waals surface area contributed by atoms with Crippen molar-refractivity contribution in [2.24, 2.45) is 0 Å². The van der Waals surface area contributed by atoms with E-state index in [-0.39, 0.29) is 6.61 Å². The SMILES string of the molecule is CCCCCCCC/C=C\CC(O)CN(CCCCO)CC(O)C/C=C\CCCCCCCC. The van der Waals surface area contributed by atoms with Crippen LogP contribution in [0.3, 0.4) is 0 Å². The molecule has 4 nitrogen and oxygen atoms in total. The first-order chi connectivity index (χ1) is 16.6. The third kappa shape index (κ3) is 24.4. The van der Waals surface area contributed by atoms with Crippen LogP contribution in [0.4, 0.5) is 0 Å². The lowest BCUT2D eigenvalue weighted by Crippen LogP contribution is -2.38. The Morgan fingerprint density at radius 2 is 1.00 bits per heavy atom. The smallest absolute Gasteiger partial charge is 0.0701 e. The predicted molar refractivity (Wildman–Crippen MR) is 148 cm³/mol. The maximum Gasteiger partial charge on any atom is 0.0701 e. The number of aliphatic hydroxyl groups excluding tert-OH is 3. The second-order valence-electron chi connectivity index (χ2n) is 10.0. The second kappa shape index (κ2) is 26.9. The number of nitrogens with zero attached hydrogens (tertiary/aromatic N) is 1. The van der Waals surface area contributed by atoms with Crippen LogP contribution in [-0.2, 0) is 0 Å². The molecule has 0 spiro atoms. The number of hydrogen-bond donors (Lipinski definition) is 3. The van der Waals surface area contributed by atoms with Crippen molar-refractivity contribution in [2.75, 3.05) is 26.2 Å². The number of unbranched alkanes of at least 4 members (excludes halogenated alkanes) is 13. The van der Waals surface area contributed by atoms with Crippen molar-refractivity contribution >= 4 is 0 Å². The molecule has 0 fully saturated rings. The van der Waals surface area contributed by atoms with Crippen molar-refractivity contribution in [1.29, 1.82) is 0 Å². The van der Waals surface area contributed by atoms with Gasteiger partial charge in [0.1, 0.15) is 0 Å². The molecule has 34 heavy (non-hydrogen) atoms. The monoisotopic (exact) mass is 481 g/mol. The molecule has 0 aliphatic rings. The Kier molecular flexibility index (Phi) is 26.4. The van der Waals surface area contributed by atoms with E-state index in [1.54, 1.807) is 0 Å². The van der Waals surface area contributed by atoms with Gasteiger partial charge in [0.2, 0.25) is 0 Å². The Morgan fingerprint density at radius 3 is 1.44 bits per heavy atom. The zero-order valence-corrected chi connectivity index (χ0v) is 22.8. The van der Waals surface area contributed by atoms with Crippen molar-refractivity contribution in [3.63, 3.8) is 0 Å². The van der Waals surface area contributed by atoms with Crippen molar-refractivity contribution < 1.29 is 15.3 Å². The minimum absolute atomic E-state index is 0.196. The van der Waals surface area contributed by atoms with Crippen LogP contribution in [0.2, 0.25) is 0 Å². The van der Waals surface area contributed by atoms with Crippen molar-refractivity contribution in [3.05, 3.63) is 24.3 Å². The predicted octanol–water partition coefficient (Wildman–Crippen LogP) is 7.18. The molecule has 0 aromatic heterocycles. The van der Waals surface area contributed by atoms with E-state index in [1.165, 1.54) is 77.0 Å². The third-order valence-corrected chi connectivity index (χ3v) is 6.42. The first kappa shape index (κ1) is 33.3. The molecular formula is C30H59NO3. The highest BCUT2D eigenvalue weighted by atomic mass is 16.3. The minimum Gasteiger partial charge on any atom is -0.396 e. The van der Waals surface area contributed by atoms with E-state index < -0.39 is 12.2 Å². The van der Waals surface area contributed by atoms with Crippen LogP contribution in [0.5, 0.6) is 0 Å². The molecule has 4 heteroatoms. The average molecular weight is 482 g/mol. The van der Waals surface area contributed by atoms with Crippen LogP contribution in [0.25, 0.3) is 0 Å². The summed E-state index contributed by atoms with van der Waals surface area (Å²) < 4.78 is 0. The van der Waals surface area contributed by atoms with E-state index in [9.17, 15) is 10.2 Å². The first-order valence-corrected chi connectivity index (χ1v) is 14.6. The second-order valence-corrected chi connectivity index (χ2v) is 10.0. The minimum atomic E-state index is -0.412. The topological polar surface area (TPSA) is 63.9 Å². The fraction of sp³-hybridized carbons (Fsp3) is 0.867. The van der Waals surface area contributed by atoms with Gasteiger partial charge in [0.25, 0.3) is 0 Å². The number of rotatable bonds is 26. The van der Waals surface area contributed by atoms with Gasteiger partial charge < -0.3 is 15.3 Å². The van der Waals surface area contributed by atoms with Gasteiger partial charge in [-0.25, -0.2) is 0 Å². The fourth-order valence-electron chi connectivity index (χ4n) is 4.28. The van der Waals surface area contributed by atoms with Crippen LogP contribution in [0.15, 0.2) is 24.3 Å². The number of aliphatic hydroxyl groups is 3. The summed E-state index contributed by atoms with van der Waals surface area (Å²) in [6.45, 7) is 6.64. The molecule has 2 atom stereocenters. The standard InChI is InChI=1S/C30H59NO3/c1-3-5-7-9-11-13-15-17-19-23-29(33)27-31(25-21-22-26-32)28-30(34)24-20-18-16-14-12-10-8-6-4-2/h17-20,29-30,32-34H,3-16,21-28H2,1-2H3/b19-17-,20-18-. The van der Waals surface area contributed by atoms with Crippen LogP contribution >= 0.6 is 0 Å². The molecule has 0 aliphatic heterocycles. The van der Waals surface area contributed by atoms with Gasteiger partial charge in [-0.1, -0.05) is 102 Å². The highest BCUT2D eigenvalue weighted by Crippen LogP contribution is 2.10. The molecule has 0 saturated carbocycles. The molecule has 0 radical (unpaired) electrons. The Bertz CT molecular complexity index is 416. The Labute approximate surface area is 212 Å². The van der Waals surface area contributed by atoms with Crippen molar-refractivity contribution in [1.82, 2.24) is 4.90 Å². The lowest BCUT2D eigenvalue weighted by atomic mass is 10.1. The summed E-state index contributed by atoms with van der Waals surface area (Å²) in [4.78, 5) is 2.16. The summed E-state index contributed by atoms with van der Waals surface area (Å²) in [5.41, 5.74) is 0. The van der Waals surface area contributed by atoms with Gasteiger partial charge >= 0.3 is 0 Å². The Morgan fingerprint density at radius 1 is 0.559 bits per heavy atom. The van der Waals surface area contributed by atoms with Gasteiger partial charge in [-0.3, -0.25) is 4.90 Å². The van der Waals surface area contributed by atoms with Crippen molar-refractivity contribution in [3.8, 4) is 0 Å². The third-order valence-electron chi connectivity index (χ3n) is 6.42. The highest BCUT2D eigenvalue weighted by molar-refractivity contribution is 4.87. The maximum absolute atomic E-state index is 10.5. The van der Waals surface area contributed by atoms with Crippen LogP contribution in [0.1, 0.15) is 129 Å². The van der Waals surface area contributed by atoms with E-state index in [1.807, 2.05) is 0 Å². The molecule has 2 unspecified atom stereocenters. The molecule has 0 rings (SSSR count).